The van der Waals surface area contributed by atoms with Crippen molar-refractivity contribution in [3.05, 3.63) is 33.1 Å². The Kier molecular flexibility index (Phi) is 3.70. The first-order valence-electron chi connectivity index (χ1n) is 3.37. The van der Waals surface area contributed by atoms with Crippen LogP contribution in [0.2, 0.25) is 10.0 Å². The Bertz CT molecular complexity index is 309. The van der Waals surface area contributed by atoms with Gasteiger partial charge < -0.3 is 0 Å². The van der Waals surface area contributed by atoms with Crippen LogP contribution in [0.4, 0.5) is 4.39 Å². The first-order valence-corrected chi connectivity index (χ1v) is 5.00. The van der Waals surface area contributed by atoms with E-state index in [0.29, 0.717) is 10.6 Å². The SMILES string of the molecule is Cc1cc(F)c(Cl)c(C(Cl)Cl)c1Cl. The lowest BCUT2D eigenvalue weighted by atomic mass is 10.1. The van der Waals surface area contributed by atoms with Crippen LogP contribution in [0.3, 0.4) is 0 Å². The summed E-state index contributed by atoms with van der Waals surface area (Å²) in [7, 11) is 0. The van der Waals surface area contributed by atoms with Crippen molar-refractivity contribution in [2.24, 2.45) is 0 Å². The van der Waals surface area contributed by atoms with Crippen molar-refractivity contribution in [3.8, 4) is 0 Å². The molecular formula is C8H5Cl4F. The molecule has 0 bridgehead atoms. The Morgan fingerprint density at radius 2 is 1.77 bits per heavy atom. The molecule has 5 heteroatoms. The third kappa shape index (κ3) is 2.21. The molecule has 0 radical (unpaired) electrons. The van der Waals surface area contributed by atoms with Crippen molar-refractivity contribution in [3.63, 3.8) is 0 Å². The second-order valence-electron chi connectivity index (χ2n) is 2.52. The largest absolute Gasteiger partial charge is 0.205 e. The summed E-state index contributed by atoms with van der Waals surface area (Å²) >= 11 is 22.7. The fraction of sp³-hybridized carbons (Fsp3) is 0.250. The zero-order chi connectivity index (χ0) is 10.2. The van der Waals surface area contributed by atoms with Crippen LogP contribution in [0.1, 0.15) is 16.0 Å². The number of aryl methyl sites for hydroxylation is 1. The molecule has 0 aromatic heterocycles. The molecule has 0 nitrogen and oxygen atoms in total. The number of halogens is 5. The minimum atomic E-state index is -0.922. The fourth-order valence-electron chi connectivity index (χ4n) is 0.946. The van der Waals surface area contributed by atoms with Crippen molar-refractivity contribution in [2.45, 2.75) is 11.8 Å². The van der Waals surface area contributed by atoms with Crippen LogP contribution in [0.5, 0.6) is 0 Å². The van der Waals surface area contributed by atoms with E-state index in [1.165, 1.54) is 6.07 Å². The maximum absolute atomic E-state index is 13.1. The smallest absolute Gasteiger partial charge is 0.142 e. The van der Waals surface area contributed by atoms with Crippen LogP contribution in [-0.4, -0.2) is 0 Å². The lowest BCUT2D eigenvalue weighted by Gasteiger charge is -2.10. The first-order chi connectivity index (χ1) is 5.95. The molecular weight excluding hydrogens is 257 g/mol. The molecule has 1 aromatic rings. The average Bonchev–Trinajstić information content (AvgIpc) is 2.01. The van der Waals surface area contributed by atoms with Gasteiger partial charge in [-0.3, -0.25) is 0 Å². The van der Waals surface area contributed by atoms with Crippen molar-refractivity contribution >= 4 is 46.4 Å². The molecule has 72 valence electrons. The van der Waals surface area contributed by atoms with E-state index in [4.69, 9.17) is 46.4 Å². The van der Waals surface area contributed by atoms with Crippen molar-refractivity contribution in [2.75, 3.05) is 0 Å². The summed E-state index contributed by atoms with van der Waals surface area (Å²) in [6.07, 6.45) is 0. The Morgan fingerprint density at radius 1 is 1.23 bits per heavy atom. The Labute approximate surface area is 95.5 Å². The molecule has 0 aliphatic rings. The maximum Gasteiger partial charge on any atom is 0.142 e. The van der Waals surface area contributed by atoms with Gasteiger partial charge in [0, 0.05) is 5.56 Å². The standard InChI is InChI=1S/C8H5Cl4F/c1-3-2-4(13)7(10)5(6(3)9)8(11)12/h2,8H,1H3. The molecule has 1 aromatic carbocycles. The summed E-state index contributed by atoms with van der Waals surface area (Å²) < 4.78 is 13.1. The minimum absolute atomic E-state index is 0.120. The predicted molar refractivity (Wildman–Crippen MR) is 55.6 cm³/mol. The van der Waals surface area contributed by atoms with E-state index < -0.39 is 10.7 Å². The van der Waals surface area contributed by atoms with Crippen molar-refractivity contribution in [1.82, 2.24) is 0 Å². The van der Waals surface area contributed by atoms with Gasteiger partial charge in [0.25, 0.3) is 0 Å². The lowest BCUT2D eigenvalue weighted by molar-refractivity contribution is 0.625. The fourth-order valence-corrected chi connectivity index (χ4v) is 2.17. The topological polar surface area (TPSA) is 0 Å². The van der Waals surface area contributed by atoms with Gasteiger partial charge in [-0.15, -0.1) is 0 Å². The molecule has 0 amide bonds. The highest BCUT2D eigenvalue weighted by Gasteiger charge is 2.18. The minimum Gasteiger partial charge on any atom is -0.205 e. The van der Waals surface area contributed by atoms with Gasteiger partial charge >= 0.3 is 0 Å². The second-order valence-corrected chi connectivity index (χ2v) is 4.37. The van der Waals surface area contributed by atoms with Crippen LogP contribution < -0.4 is 0 Å². The Balaban J connectivity index is 3.46. The van der Waals surface area contributed by atoms with Gasteiger partial charge in [-0.2, -0.15) is 0 Å². The molecule has 0 N–H and O–H groups in total. The van der Waals surface area contributed by atoms with Gasteiger partial charge in [-0.1, -0.05) is 46.4 Å². The zero-order valence-corrected chi connectivity index (χ0v) is 9.57. The highest BCUT2D eigenvalue weighted by molar-refractivity contribution is 6.47. The monoisotopic (exact) mass is 260 g/mol. The van der Waals surface area contributed by atoms with Crippen LogP contribution in [-0.2, 0) is 0 Å². The van der Waals surface area contributed by atoms with E-state index >= 15 is 0 Å². The van der Waals surface area contributed by atoms with E-state index in [1.54, 1.807) is 6.92 Å². The first kappa shape index (κ1) is 11.4. The van der Waals surface area contributed by atoms with Crippen LogP contribution in [0, 0.1) is 12.7 Å². The van der Waals surface area contributed by atoms with Crippen LogP contribution in [0.15, 0.2) is 6.07 Å². The van der Waals surface area contributed by atoms with E-state index in [0.717, 1.165) is 0 Å². The van der Waals surface area contributed by atoms with Gasteiger partial charge in [-0.05, 0) is 18.6 Å². The van der Waals surface area contributed by atoms with Gasteiger partial charge in [0.05, 0.1) is 10.0 Å². The zero-order valence-electron chi connectivity index (χ0n) is 6.54. The molecule has 0 saturated carbocycles. The Hall–Kier alpha value is 0.310. The molecule has 0 saturated heterocycles. The van der Waals surface area contributed by atoms with Gasteiger partial charge in [0.2, 0.25) is 0 Å². The van der Waals surface area contributed by atoms with E-state index in [-0.39, 0.29) is 10.6 Å². The normalized spacial score (nSPS) is 11.0. The summed E-state index contributed by atoms with van der Waals surface area (Å²) in [5.41, 5.74) is 0.786. The summed E-state index contributed by atoms with van der Waals surface area (Å²) in [6.45, 7) is 1.65. The molecule has 0 aliphatic heterocycles. The molecule has 0 unspecified atom stereocenters. The molecule has 13 heavy (non-hydrogen) atoms. The third-order valence-electron chi connectivity index (χ3n) is 1.59. The summed E-state index contributed by atoms with van der Waals surface area (Å²) in [5.74, 6) is -0.565. The van der Waals surface area contributed by atoms with Crippen LogP contribution in [0.25, 0.3) is 0 Å². The molecule has 0 atom stereocenters. The number of hydrogen-bond donors (Lipinski definition) is 0. The maximum atomic E-state index is 13.1. The van der Waals surface area contributed by atoms with Gasteiger partial charge in [0.15, 0.2) is 0 Å². The third-order valence-corrected chi connectivity index (χ3v) is 2.91. The number of benzene rings is 1. The number of rotatable bonds is 1. The van der Waals surface area contributed by atoms with E-state index in [2.05, 4.69) is 0 Å². The molecule has 0 aliphatic carbocycles. The molecule has 0 spiro atoms. The number of alkyl halides is 2. The second kappa shape index (κ2) is 4.22. The number of hydrogen-bond acceptors (Lipinski definition) is 0. The molecule has 1 rings (SSSR count). The predicted octanol–water partition coefficient (Wildman–Crippen LogP) is 4.92. The summed E-state index contributed by atoms with van der Waals surface area (Å²) in [5, 5.41) is 0.187. The van der Waals surface area contributed by atoms with Crippen molar-refractivity contribution in [1.29, 1.82) is 0 Å². The molecule has 0 fully saturated rings. The lowest BCUT2D eigenvalue weighted by Crippen LogP contribution is -1.92. The summed E-state index contributed by atoms with van der Waals surface area (Å²) in [6, 6.07) is 1.24. The summed E-state index contributed by atoms with van der Waals surface area (Å²) in [4.78, 5) is -0.922. The highest BCUT2D eigenvalue weighted by Crippen LogP contribution is 2.39. The quantitative estimate of drug-likeness (QED) is 0.497. The molecule has 0 heterocycles. The van der Waals surface area contributed by atoms with Crippen molar-refractivity contribution < 1.29 is 4.39 Å². The average molecular weight is 262 g/mol. The highest BCUT2D eigenvalue weighted by atomic mass is 35.5. The van der Waals surface area contributed by atoms with E-state index in [1.807, 2.05) is 0 Å². The Morgan fingerprint density at radius 3 is 2.23 bits per heavy atom. The van der Waals surface area contributed by atoms with E-state index in [9.17, 15) is 4.39 Å². The van der Waals surface area contributed by atoms with Crippen LogP contribution >= 0.6 is 46.4 Å². The van der Waals surface area contributed by atoms with Gasteiger partial charge in [0.1, 0.15) is 10.7 Å². The van der Waals surface area contributed by atoms with Gasteiger partial charge in [-0.25, -0.2) is 4.39 Å².